The van der Waals surface area contributed by atoms with E-state index in [1.165, 1.54) is 6.07 Å². The first kappa shape index (κ1) is 15.0. The molecule has 0 saturated carbocycles. The average molecular weight is 296 g/mol. The summed E-state index contributed by atoms with van der Waals surface area (Å²) in [4.78, 5) is 0. The lowest BCUT2D eigenvalue weighted by molar-refractivity contribution is 0.591. The molecular formula is C15H19ClFN3. The van der Waals surface area contributed by atoms with E-state index in [0.29, 0.717) is 0 Å². The van der Waals surface area contributed by atoms with Crippen LogP contribution in [0.2, 0.25) is 5.02 Å². The van der Waals surface area contributed by atoms with Gasteiger partial charge in [0.25, 0.3) is 0 Å². The van der Waals surface area contributed by atoms with Crippen LogP contribution in [0.3, 0.4) is 0 Å². The molecule has 0 aliphatic carbocycles. The van der Waals surface area contributed by atoms with Gasteiger partial charge in [0.05, 0.1) is 17.3 Å². The van der Waals surface area contributed by atoms with Crippen molar-refractivity contribution in [2.24, 2.45) is 0 Å². The molecule has 1 aromatic carbocycles. The van der Waals surface area contributed by atoms with Crippen LogP contribution in [0.5, 0.6) is 0 Å². The third kappa shape index (κ3) is 3.38. The fraction of sp³-hybridized carbons (Fsp3) is 0.400. The van der Waals surface area contributed by atoms with E-state index in [9.17, 15) is 4.39 Å². The number of nitrogens with zero attached hydrogens (tertiary/aromatic N) is 2. The van der Waals surface area contributed by atoms with Gasteiger partial charge in [0.15, 0.2) is 0 Å². The molecule has 0 spiro atoms. The van der Waals surface area contributed by atoms with Gasteiger partial charge < -0.3 is 5.32 Å². The van der Waals surface area contributed by atoms with Crippen molar-refractivity contribution in [1.29, 1.82) is 0 Å². The summed E-state index contributed by atoms with van der Waals surface area (Å²) < 4.78 is 15.2. The Morgan fingerprint density at radius 1 is 1.35 bits per heavy atom. The monoisotopic (exact) mass is 295 g/mol. The largest absolute Gasteiger partial charge is 0.306 e. The summed E-state index contributed by atoms with van der Waals surface area (Å²) in [5, 5.41) is 7.90. The lowest BCUT2D eigenvalue weighted by atomic mass is 10.0. The van der Waals surface area contributed by atoms with Crippen LogP contribution in [0.4, 0.5) is 4.39 Å². The highest BCUT2D eigenvalue weighted by atomic mass is 35.5. The molecule has 0 aliphatic rings. The second-order valence-corrected chi connectivity index (χ2v) is 5.10. The topological polar surface area (TPSA) is 29.9 Å². The number of aromatic nitrogens is 2. The second-order valence-electron chi connectivity index (χ2n) is 4.69. The highest BCUT2D eigenvalue weighted by Gasteiger charge is 2.16. The molecule has 0 bridgehead atoms. The summed E-state index contributed by atoms with van der Waals surface area (Å²) >= 11 is 5.89. The number of aryl methyl sites for hydroxylation is 1. The molecule has 1 atom stereocenters. The van der Waals surface area contributed by atoms with Gasteiger partial charge >= 0.3 is 0 Å². The van der Waals surface area contributed by atoms with Crippen LogP contribution < -0.4 is 5.32 Å². The quantitative estimate of drug-likeness (QED) is 0.879. The molecule has 108 valence electrons. The first-order valence-electron chi connectivity index (χ1n) is 6.86. The summed E-state index contributed by atoms with van der Waals surface area (Å²) in [5.74, 6) is -0.395. The van der Waals surface area contributed by atoms with Gasteiger partial charge in [-0.05, 0) is 37.6 Å². The lowest BCUT2D eigenvalue weighted by Gasteiger charge is -2.18. The Labute approximate surface area is 123 Å². The standard InChI is InChI=1S/C15H19ClFN3/c1-3-7-18-15(12-9-19-20(4-2)10-12)11-5-6-14(17)13(16)8-11/h5-6,8-10,15,18H,3-4,7H2,1-2H3. The van der Waals surface area contributed by atoms with Crippen LogP contribution in [-0.2, 0) is 6.54 Å². The zero-order valence-corrected chi connectivity index (χ0v) is 12.5. The molecular weight excluding hydrogens is 277 g/mol. The Hall–Kier alpha value is -1.39. The number of nitrogens with one attached hydrogen (secondary N) is 1. The first-order valence-corrected chi connectivity index (χ1v) is 7.24. The van der Waals surface area contributed by atoms with E-state index < -0.39 is 5.82 Å². The van der Waals surface area contributed by atoms with E-state index in [-0.39, 0.29) is 11.1 Å². The number of rotatable bonds is 6. The van der Waals surface area contributed by atoms with E-state index in [0.717, 1.165) is 30.6 Å². The maximum Gasteiger partial charge on any atom is 0.141 e. The first-order chi connectivity index (χ1) is 9.65. The average Bonchev–Trinajstić information content (AvgIpc) is 2.92. The van der Waals surface area contributed by atoms with Crippen molar-refractivity contribution in [3.8, 4) is 0 Å². The SMILES string of the molecule is CCCNC(c1ccc(F)c(Cl)c1)c1cnn(CC)c1. The Kier molecular flexibility index (Phi) is 5.15. The van der Waals surface area contributed by atoms with Gasteiger partial charge in [0.2, 0.25) is 0 Å². The van der Waals surface area contributed by atoms with Crippen LogP contribution >= 0.6 is 11.6 Å². The minimum atomic E-state index is -0.395. The third-order valence-corrected chi connectivity index (χ3v) is 3.48. The van der Waals surface area contributed by atoms with Gasteiger partial charge in [-0.3, -0.25) is 4.68 Å². The molecule has 0 fully saturated rings. The Balaban J connectivity index is 2.32. The van der Waals surface area contributed by atoms with E-state index in [2.05, 4.69) is 17.3 Å². The van der Waals surface area contributed by atoms with E-state index in [1.807, 2.05) is 24.0 Å². The Morgan fingerprint density at radius 2 is 2.15 bits per heavy atom. The predicted molar refractivity (Wildman–Crippen MR) is 79.4 cm³/mol. The molecule has 2 aromatic rings. The van der Waals surface area contributed by atoms with Gasteiger partial charge in [0.1, 0.15) is 5.82 Å². The van der Waals surface area contributed by atoms with E-state index in [1.54, 1.807) is 12.1 Å². The zero-order valence-electron chi connectivity index (χ0n) is 11.7. The van der Waals surface area contributed by atoms with Crippen LogP contribution in [-0.4, -0.2) is 16.3 Å². The molecule has 20 heavy (non-hydrogen) atoms. The fourth-order valence-corrected chi connectivity index (χ4v) is 2.30. The lowest BCUT2D eigenvalue weighted by Crippen LogP contribution is -2.23. The van der Waals surface area contributed by atoms with Crippen molar-refractivity contribution < 1.29 is 4.39 Å². The second kappa shape index (κ2) is 6.86. The van der Waals surface area contributed by atoms with Crippen molar-refractivity contribution >= 4 is 11.6 Å². The maximum absolute atomic E-state index is 13.3. The highest BCUT2D eigenvalue weighted by Crippen LogP contribution is 2.25. The molecule has 2 rings (SSSR count). The van der Waals surface area contributed by atoms with Gasteiger partial charge in [0, 0.05) is 18.3 Å². The normalized spacial score (nSPS) is 12.6. The summed E-state index contributed by atoms with van der Waals surface area (Å²) in [5.41, 5.74) is 2.00. The Morgan fingerprint density at radius 3 is 2.75 bits per heavy atom. The molecule has 1 aromatic heterocycles. The number of benzene rings is 1. The van der Waals surface area contributed by atoms with Crippen molar-refractivity contribution in [2.75, 3.05) is 6.54 Å². The molecule has 0 amide bonds. The van der Waals surface area contributed by atoms with E-state index >= 15 is 0 Å². The van der Waals surface area contributed by atoms with Crippen molar-refractivity contribution in [3.63, 3.8) is 0 Å². The number of hydrogen-bond donors (Lipinski definition) is 1. The molecule has 0 saturated heterocycles. The molecule has 1 unspecified atom stereocenters. The Bertz CT molecular complexity index is 568. The van der Waals surface area contributed by atoms with Crippen LogP contribution in [0.25, 0.3) is 0 Å². The zero-order chi connectivity index (χ0) is 14.5. The van der Waals surface area contributed by atoms with Crippen LogP contribution in [0.1, 0.15) is 37.4 Å². The number of halogens is 2. The highest BCUT2D eigenvalue weighted by molar-refractivity contribution is 6.30. The summed E-state index contributed by atoms with van der Waals surface area (Å²) in [6, 6.07) is 4.82. The fourth-order valence-electron chi connectivity index (χ4n) is 2.11. The predicted octanol–water partition coefficient (Wildman–Crippen LogP) is 3.78. The van der Waals surface area contributed by atoms with Gasteiger partial charge in [-0.1, -0.05) is 24.6 Å². The minimum Gasteiger partial charge on any atom is -0.306 e. The smallest absolute Gasteiger partial charge is 0.141 e. The molecule has 1 N–H and O–H groups in total. The van der Waals surface area contributed by atoms with Gasteiger partial charge in [-0.15, -0.1) is 0 Å². The van der Waals surface area contributed by atoms with Gasteiger partial charge in [-0.25, -0.2) is 4.39 Å². The third-order valence-electron chi connectivity index (χ3n) is 3.19. The summed E-state index contributed by atoms with van der Waals surface area (Å²) in [6.45, 7) is 5.85. The molecule has 1 heterocycles. The van der Waals surface area contributed by atoms with Crippen molar-refractivity contribution in [2.45, 2.75) is 32.9 Å². The minimum absolute atomic E-state index is 0.0200. The van der Waals surface area contributed by atoms with Gasteiger partial charge in [-0.2, -0.15) is 5.10 Å². The van der Waals surface area contributed by atoms with Crippen molar-refractivity contribution in [1.82, 2.24) is 15.1 Å². The molecule has 5 heteroatoms. The maximum atomic E-state index is 13.3. The van der Waals surface area contributed by atoms with Crippen LogP contribution in [0.15, 0.2) is 30.6 Å². The van der Waals surface area contributed by atoms with Crippen molar-refractivity contribution in [3.05, 3.63) is 52.6 Å². The molecule has 0 radical (unpaired) electrons. The summed E-state index contributed by atoms with van der Waals surface area (Å²) in [6.07, 6.45) is 4.87. The molecule has 3 nitrogen and oxygen atoms in total. The molecule has 0 aliphatic heterocycles. The van der Waals surface area contributed by atoms with E-state index in [4.69, 9.17) is 11.6 Å². The summed E-state index contributed by atoms with van der Waals surface area (Å²) in [7, 11) is 0. The van der Waals surface area contributed by atoms with Crippen LogP contribution in [0, 0.1) is 5.82 Å². The number of hydrogen-bond acceptors (Lipinski definition) is 2.